The van der Waals surface area contributed by atoms with Gasteiger partial charge in [0.1, 0.15) is 0 Å². The van der Waals surface area contributed by atoms with Gasteiger partial charge in [-0.3, -0.25) is 0 Å². The summed E-state index contributed by atoms with van der Waals surface area (Å²) in [5.74, 6) is 0. The van der Waals surface area contributed by atoms with Crippen molar-refractivity contribution in [3.63, 3.8) is 0 Å². The average molecular weight is 272 g/mol. The molecule has 4 nitrogen and oxygen atoms in total. The fourth-order valence-electron chi connectivity index (χ4n) is 1.94. The minimum atomic E-state index is -3.38. The average Bonchev–Trinajstić information content (AvgIpc) is 2.76. The molecule has 1 atom stereocenters. The largest absolute Gasteiger partial charge is 0.326 e. The molecule has 0 spiro atoms. The van der Waals surface area contributed by atoms with E-state index in [1.807, 2.05) is 18.4 Å². The molecule has 1 aliphatic rings. The molecular weight excluding hydrogens is 256 g/mol. The van der Waals surface area contributed by atoms with Crippen molar-refractivity contribution >= 4 is 21.8 Å². The number of benzene rings is 1. The molecule has 2 rings (SSSR count). The lowest BCUT2D eigenvalue weighted by molar-refractivity contribution is 0.471. The van der Waals surface area contributed by atoms with E-state index in [4.69, 9.17) is 5.73 Å². The topological polar surface area (TPSA) is 63.4 Å². The highest BCUT2D eigenvalue weighted by molar-refractivity contribution is 7.99. The highest BCUT2D eigenvalue weighted by Crippen LogP contribution is 2.28. The molecule has 0 radical (unpaired) electrons. The number of sulfonamides is 1. The van der Waals surface area contributed by atoms with Crippen LogP contribution in [0.3, 0.4) is 0 Å². The van der Waals surface area contributed by atoms with E-state index in [2.05, 4.69) is 0 Å². The van der Waals surface area contributed by atoms with E-state index < -0.39 is 10.0 Å². The van der Waals surface area contributed by atoms with Gasteiger partial charge in [-0.1, -0.05) is 12.1 Å². The summed E-state index contributed by atoms with van der Waals surface area (Å²) in [5.41, 5.74) is 5.76. The van der Waals surface area contributed by atoms with Gasteiger partial charge >= 0.3 is 0 Å². The van der Waals surface area contributed by atoms with Gasteiger partial charge in [-0.25, -0.2) is 8.42 Å². The van der Waals surface area contributed by atoms with E-state index in [0.717, 1.165) is 11.3 Å². The van der Waals surface area contributed by atoms with Crippen LogP contribution in [-0.4, -0.2) is 38.1 Å². The maximum atomic E-state index is 12.4. The minimum Gasteiger partial charge on any atom is -0.326 e. The Morgan fingerprint density at radius 2 is 2.12 bits per heavy atom. The van der Waals surface area contributed by atoms with Crippen LogP contribution >= 0.6 is 11.8 Å². The first kappa shape index (κ1) is 12.9. The van der Waals surface area contributed by atoms with Gasteiger partial charge in [0.2, 0.25) is 10.0 Å². The molecule has 94 valence electrons. The molecule has 17 heavy (non-hydrogen) atoms. The Bertz CT molecular complexity index is 502. The van der Waals surface area contributed by atoms with Crippen molar-refractivity contribution in [2.45, 2.75) is 22.3 Å². The Labute approximate surface area is 106 Å². The van der Waals surface area contributed by atoms with E-state index in [-0.39, 0.29) is 6.04 Å². The summed E-state index contributed by atoms with van der Waals surface area (Å²) in [4.78, 5) is 1.18. The summed E-state index contributed by atoms with van der Waals surface area (Å²) in [6, 6.07) is 7.05. The maximum Gasteiger partial charge on any atom is 0.244 e. The van der Waals surface area contributed by atoms with Crippen molar-refractivity contribution in [1.82, 2.24) is 4.31 Å². The first-order valence-corrected chi connectivity index (χ1v) is 8.11. The molecule has 0 aromatic heterocycles. The van der Waals surface area contributed by atoms with Crippen LogP contribution in [0.1, 0.15) is 6.42 Å². The van der Waals surface area contributed by atoms with Crippen molar-refractivity contribution in [3.05, 3.63) is 24.3 Å². The summed E-state index contributed by atoms with van der Waals surface area (Å²) < 4.78 is 26.3. The monoisotopic (exact) mass is 272 g/mol. The third kappa shape index (κ3) is 2.49. The van der Waals surface area contributed by atoms with Gasteiger partial charge in [0.05, 0.1) is 4.90 Å². The number of hydrogen-bond donors (Lipinski definition) is 1. The third-order valence-corrected chi connectivity index (χ3v) is 5.72. The van der Waals surface area contributed by atoms with Crippen LogP contribution in [-0.2, 0) is 10.0 Å². The zero-order chi connectivity index (χ0) is 12.5. The van der Waals surface area contributed by atoms with Gasteiger partial charge in [0, 0.05) is 24.0 Å². The zero-order valence-corrected chi connectivity index (χ0v) is 11.3. The summed E-state index contributed by atoms with van der Waals surface area (Å²) in [6.07, 6.45) is 2.62. The Hall–Kier alpha value is -0.560. The molecule has 0 amide bonds. The van der Waals surface area contributed by atoms with Crippen molar-refractivity contribution in [3.8, 4) is 0 Å². The molecule has 1 fully saturated rings. The molecule has 1 aromatic carbocycles. The van der Waals surface area contributed by atoms with Crippen LogP contribution in [0.5, 0.6) is 0 Å². The minimum absolute atomic E-state index is 0.0359. The quantitative estimate of drug-likeness (QED) is 0.838. The van der Waals surface area contributed by atoms with Gasteiger partial charge in [0.25, 0.3) is 0 Å². The molecule has 0 unspecified atom stereocenters. The fourth-order valence-corrected chi connectivity index (χ4v) is 4.58. The predicted octanol–water partition coefficient (Wildman–Crippen LogP) is 1.13. The first-order valence-electron chi connectivity index (χ1n) is 5.44. The number of nitrogens with two attached hydrogens (primary N) is 1. The molecule has 6 heteroatoms. The van der Waals surface area contributed by atoms with Crippen LogP contribution in [0.2, 0.25) is 0 Å². The number of rotatable bonds is 3. The number of hydrogen-bond acceptors (Lipinski definition) is 4. The highest BCUT2D eigenvalue weighted by atomic mass is 32.2. The second-order valence-corrected chi connectivity index (χ2v) is 6.82. The van der Waals surface area contributed by atoms with Crippen LogP contribution in [0.4, 0.5) is 0 Å². The van der Waals surface area contributed by atoms with E-state index in [1.165, 1.54) is 16.1 Å². The maximum absolute atomic E-state index is 12.4. The van der Waals surface area contributed by atoms with Gasteiger partial charge in [-0.2, -0.15) is 4.31 Å². The Morgan fingerprint density at radius 3 is 2.71 bits per heavy atom. The van der Waals surface area contributed by atoms with Crippen molar-refractivity contribution in [2.24, 2.45) is 5.73 Å². The second-order valence-electron chi connectivity index (χ2n) is 4.06. The highest BCUT2D eigenvalue weighted by Gasteiger charge is 2.32. The fraction of sp³-hybridized carbons (Fsp3) is 0.455. The van der Waals surface area contributed by atoms with Crippen molar-refractivity contribution in [1.29, 1.82) is 0 Å². The normalized spacial score (nSPS) is 21.9. The van der Waals surface area contributed by atoms with Crippen LogP contribution in [0.15, 0.2) is 34.1 Å². The van der Waals surface area contributed by atoms with E-state index in [0.29, 0.717) is 18.0 Å². The molecule has 2 N–H and O–H groups in total. The van der Waals surface area contributed by atoms with E-state index in [1.54, 1.807) is 12.1 Å². The number of nitrogens with zero attached hydrogens (tertiary/aromatic N) is 1. The zero-order valence-electron chi connectivity index (χ0n) is 9.67. The summed E-state index contributed by atoms with van der Waals surface area (Å²) in [7, 11) is -3.38. The standard InChI is InChI=1S/C11H16N2O2S2/c1-16-10-4-2-3-5-11(10)17(14,15)13-7-6-9(12)8-13/h2-5,9H,6-8,12H2,1H3/t9-/m1/s1. The molecule has 0 aliphatic carbocycles. The van der Waals surface area contributed by atoms with Crippen LogP contribution < -0.4 is 5.73 Å². The Kier molecular flexibility index (Phi) is 3.77. The molecule has 1 aromatic rings. The first-order chi connectivity index (χ1) is 8.05. The SMILES string of the molecule is CSc1ccccc1S(=O)(=O)N1CC[C@@H](N)C1. The van der Waals surface area contributed by atoms with Gasteiger partial charge < -0.3 is 5.73 Å². The predicted molar refractivity (Wildman–Crippen MR) is 69.6 cm³/mol. The van der Waals surface area contributed by atoms with Crippen LogP contribution in [0, 0.1) is 0 Å². The lowest BCUT2D eigenvalue weighted by atomic mass is 10.3. The molecule has 0 bridgehead atoms. The third-order valence-electron chi connectivity index (χ3n) is 2.87. The lowest BCUT2D eigenvalue weighted by Gasteiger charge is -2.17. The van der Waals surface area contributed by atoms with Gasteiger partial charge in [-0.05, 0) is 24.8 Å². The molecule has 1 aliphatic heterocycles. The Balaban J connectivity index is 2.38. The van der Waals surface area contributed by atoms with Crippen LogP contribution in [0.25, 0.3) is 0 Å². The molecule has 1 saturated heterocycles. The van der Waals surface area contributed by atoms with Gasteiger partial charge in [-0.15, -0.1) is 11.8 Å². The summed E-state index contributed by atoms with van der Waals surface area (Å²) in [5, 5.41) is 0. The molecule has 1 heterocycles. The van der Waals surface area contributed by atoms with E-state index in [9.17, 15) is 8.42 Å². The molecular formula is C11H16N2O2S2. The molecule has 0 saturated carbocycles. The Morgan fingerprint density at radius 1 is 1.41 bits per heavy atom. The van der Waals surface area contributed by atoms with Crippen molar-refractivity contribution < 1.29 is 8.42 Å². The summed E-state index contributed by atoms with van der Waals surface area (Å²) >= 11 is 1.44. The van der Waals surface area contributed by atoms with E-state index >= 15 is 0 Å². The van der Waals surface area contributed by atoms with Crippen molar-refractivity contribution in [2.75, 3.05) is 19.3 Å². The lowest BCUT2D eigenvalue weighted by Crippen LogP contribution is -2.32. The second kappa shape index (κ2) is 4.97. The number of thioether (sulfide) groups is 1. The van der Waals surface area contributed by atoms with Gasteiger partial charge in [0.15, 0.2) is 0 Å². The summed E-state index contributed by atoms with van der Waals surface area (Å²) in [6.45, 7) is 0.942. The smallest absolute Gasteiger partial charge is 0.244 e.